The van der Waals surface area contributed by atoms with E-state index in [1.807, 2.05) is 30.3 Å². The Labute approximate surface area is 144 Å². The molecule has 0 radical (unpaired) electrons. The number of fused-ring (bicyclic) bond motifs is 1. The first-order chi connectivity index (χ1) is 11.9. The van der Waals surface area contributed by atoms with Gasteiger partial charge in [-0.3, -0.25) is 4.98 Å². The van der Waals surface area contributed by atoms with Crippen molar-refractivity contribution in [1.29, 1.82) is 0 Å². The Morgan fingerprint density at radius 3 is 2.76 bits per heavy atom. The smallest absolute Gasteiger partial charge is 0.341 e. The highest BCUT2D eigenvalue weighted by atomic mass is 32.2. The molecule has 0 amide bonds. The lowest BCUT2D eigenvalue weighted by Gasteiger charge is -2.11. The van der Waals surface area contributed by atoms with E-state index >= 15 is 0 Å². The molecule has 0 atom stereocenters. The first-order valence-corrected chi connectivity index (χ1v) is 9.61. The number of hydrogen-bond donors (Lipinski definition) is 0. The fourth-order valence-corrected chi connectivity index (χ4v) is 3.28. The molecule has 1 aromatic carbocycles. The second-order valence-electron chi connectivity index (χ2n) is 6.05. The predicted molar refractivity (Wildman–Crippen MR) is 91.1 cm³/mol. The molecular weight excluding hydrogens is 342 g/mol. The molecule has 128 valence electrons. The zero-order chi connectivity index (χ0) is 17.6. The molecule has 2 aromatic heterocycles. The maximum Gasteiger partial charge on any atom is 0.357 e. The highest BCUT2D eigenvalue weighted by Crippen LogP contribution is 2.43. The molecule has 0 spiro atoms. The van der Waals surface area contributed by atoms with Crippen molar-refractivity contribution in [2.24, 2.45) is 0 Å². The van der Waals surface area contributed by atoms with Crippen molar-refractivity contribution in [3.05, 3.63) is 54.0 Å². The molecule has 0 bridgehead atoms. The molecule has 3 aromatic rings. The van der Waals surface area contributed by atoms with Crippen molar-refractivity contribution in [3.8, 4) is 5.69 Å². The standard InChI is InChI=1S/C17H15N3O4S/c1-25(22,23)24-17(21)13-10-19-20(16(13)11-7-8-11)15-6-2-5-14-12(15)4-3-9-18-14/h2-6,9-11H,7-8H2,1H3. The normalized spacial score (nSPS) is 14.6. The van der Waals surface area contributed by atoms with Crippen LogP contribution in [0, 0.1) is 0 Å². The maximum absolute atomic E-state index is 12.3. The van der Waals surface area contributed by atoms with Crippen LogP contribution < -0.4 is 0 Å². The average molecular weight is 357 g/mol. The summed E-state index contributed by atoms with van der Waals surface area (Å²) in [5, 5.41) is 5.24. The van der Waals surface area contributed by atoms with Gasteiger partial charge >= 0.3 is 16.1 Å². The highest BCUT2D eigenvalue weighted by molar-refractivity contribution is 7.86. The molecule has 8 heteroatoms. The summed E-state index contributed by atoms with van der Waals surface area (Å²) in [4.78, 5) is 16.6. The Kier molecular flexibility index (Phi) is 3.57. The van der Waals surface area contributed by atoms with Crippen molar-refractivity contribution >= 4 is 27.0 Å². The van der Waals surface area contributed by atoms with E-state index in [2.05, 4.69) is 14.3 Å². The minimum atomic E-state index is -3.88. The molecule has 1 aliphatic rings. The van der Waals surface area contributed by atoms with Crippen LogP contribution in [0.2, 0.25) is 0 Å². The van der Waals surface area contributed by atoms with Crippen molar-refractivity contribution in [2.75, 3.05) is 6.26 Å². The van der Waals surface area contributed by atoms with Crippen LogP contribution in [-0.4, -0.2) is 35.4 Å². The van der Waals surface area contributed by atoms with Crippen molar-refractivity contribution in [1.82, 2.24) is 14.8 Å². The van der Waals surface area contributed by atoms with Gasteiger partial charge in [-0.05, 0) is 37.1 Å². The Bertz CT molecular complexity index is 1080. The predicted octanol–water partition coefficient (Wildman–Crippen LogP) is 2.41. The van der Waals surface area contributed by atoms with E-state index in [0.717, 1.165) is 35.7 Å². The van der Waals surface area contributed by atoms with E-state index in [-0.39, 0.29) is 11.5 Å². The summed E-state index contributed by atoms with van der Waals surface area (Å²) < 4.78 is 28.8. The van der Waals surface area contributed by atoms with E-state index in [1.54, 1.807) is 10.9 Å². The second kappa shape index (κ2) is 5.66. The summed E-state index contributed by atoms with van der Waals surface area (Å²) in [6.07, 6.45) is 5.78. The molecule has 0 aliphatic heterocycles. The number of carbonyl (C=O) groups is 1. The minimum Gasteiger partial charge on any atom is -0.341 e. The molecule has 4 rings (SSSR count). The van der Waals surface area contributed by atoms with Crippen molar-refractivity contribution in [3.63, 3.8) is 0 Å². The Hall–Kier alpha value is -2.74. The lowest BCUT2D eigenvalue weighted by molar-refractivity contribution is 0.0747. The van der Waals surface area contributed by atoms with Gasteiger partial charge in [0.05, 0.1) is 29.4 Å². The third-order valence-corrected chi connectivity index (χ3v) is 4.52. The van der Waals surface area contributed by atoms with Gasteiger partial charge in [-0.15, -0.1) is 0 Å². The number of pyridine rings is 1. The lowest BCUT2D eigenvalue weighted by atomic mass is 10.1. The van der Waals surface area contributed by atoms with Crippen LogP contribution in [0.25, 0.3) is 16.6 Å². The fourth-order valence-electron chi connectivity index (χ4n) is 2.91. The minimum absolute atomic E-state index is 0.163. The Balaban J connectivity index is 1.87. The molecule has 1 aliphatic carbocycles. The summed E-state index contributed by atoms with van der Waals surface area (Å²) in [5.74, 6) is -0.731. The molecular formula is C17H15N3O4S. The molecule has 1 fully saturated rings. The molecule has 7 nitrogen and oxygen atoms in total. The number of benzene rings is 1. The van der Waals surface area contributed by atoms with Gasteiger partial charge in [0, 0.05) is 17.5 Å². The molecule has 1 saturated carbocycles. The average Bonchev–Trinajstić information content (AvgIpc) is 3.31. The van der Waals surface area contributed by atoms with E-state index < -0.39 is 16.1 Å². The van der Waals surface area contributed by atoms with Crippen molar-refractivity contribution < 1.29 is 17.4 Å². The van der Waals surface area contributed by atoms with Crippen LogP contribution in [0.3, 0.4) is 0 Å². The van der Waals surface area contributed by atoms with E-state index in [1.165, 1.54) is 6.20 Å². The van der Waals surface area contributed by atoms with Crippen LogP contribution in [0.15, 0.2) is 42.7 Å². The van der Waals surface area contributed by atoms with Gasteiger partial charge in [-0.1, -0.05) is 6.07 Å². The monoisotopic (exact) mass is 357 g/mol. The molecule has 2 heterocycles. The van der Waals surface area contributed by atoms with E-state index in [4.69, 9.17) is 0 Å². The molecule has 0 unspecified atom stereocenters. The van der Waals surface area contributed by atoms with Crippen LogP contribution in [0.4, 0.5) is 0 Å². The largest absolute Gasteiger partial charge is 0.357 e. The van der Waals surface area contributed by atoms with Gasteiger partial charge in [0.15, 0.2) is 0 Å². The summed E-state index contributed by atoms with van der Waals surface area (Å²) in [7, 11) is -3.88. The van der Waals surface area contributed by atoms with Gasteiger partial charge in [-0.25, -0.2) is 9.48 Å². The number of nitrogens with zero attached hydrogens (tertiary/aromatic N) is 3. The summed E-state index contributed by atoms with van der Waals surface area (Å²) in [6, 6.07) is 9.44. The SMILES string of the molecule is CS(=O)(=O)OC(=O)c1cnn(-c2cccc3ncccc23)c1C1CC1. The zero-order valence-electron chi connectivity index (χ0n) is 13.4. The van der Waals surface area contributed by atoms with Gasteiger partial charge < -0.3 is 4.18 Å². The number of rotatable bonds is 4. The maximum atomic E-state index is 12.3. The molecule has 0 saturated heterocycles. The topological polar surface area (TPSA) is 91.2 Å². The molecule has 25 heavy (non-hydrogen) atoms. The van der Waals surface area contributed by atoms with Crippen LogP contribution in [0.5, 0.6) is 0 Å². The van der Waals surface area contributed by atoms with Crippen LogP contribution in [-0.2, 0) is 14.3 Å². The summed E-state index contributed by atoms with van der Waals surface area (Å²) in [6.45, 7) is 0. The van der Waals surface area contributed by atoms with Crippen LogP contribution >= 0.6 is 0 Å². The van der Waals surface area contributed by atoms with Gasteiger partial charge in [0.25, 0.3) is 0 Å². The van der Waals surface area contributed by atoms with Gasteiger partial charge in [0.1, 0.15) is 5.56 Å². The summed E-state index contributed by atoms with van der Waals surface area (Å²) >= 11 is 0. The molecule has 0 N–H and O–H groups in total. The first kappa shape index (κ1) is 15.8. The van der Waals surface area contributed by atoms with Crippen LogP contribution in [0.1, 0.15) is 34.8 Å². The van der Waals surface area contributed by atoms with Gasteiger partial charge in [-0.2, -0.15) is 13.5 Å². The highest BCUT2D eigenvalue weighted by Gasteiger charge is 2.34. The fraction of sp³-hybridized carbons (Fsp3) is 0.235. The number of aromatic nitrogens is 3. The second-order valence-corrected chi connectivity index (χ2v) is 7.63. The third kappa shape index (κ3) is 3.00. The van der Waals surface area contributed by atoms with E-state index in [0.29, 0.717) is 5.69 Å². The Morgan fingerprint density at radius 1 is 1.24 bits per heavy atom. The van der Waals surface area contributed by atoms with Gasteiger partial charge in [0.2, 0.25) is 0 Å². The quantitative estimate of drug-likeness (QED) is 0.666. The number of carbonyl (C=O) groups excluding carboxylic acids is 1. The number of hydrogen-bond acceptors (Lipinski definition) is 6. The first-order valence-electron chi connectivity index (χ1n) is 7.80. The Morgan fingerprint density at radius 2 is 2.04 bits per heavy atom. The summed E-state index contributed by atoms with van der Waals surface area (Å²) in [5.41, 5.74) is 2.49. The van der Waals surface area contributed by atoms with Crippen molar-refractivity contribution in [2.45, 2.75) is 18.8 Å². The lowest BCUT2D eigenvalue weighted by Crippen LogP contribution is -2.13. The zero-order valence-corrected chi connectivity index (χ0v) is 14.2. The van der Waals surface area contributed by atoms with E-state index in [9.17, 15) is 13.2 Å². The third-order valence-electron chi connectivity index (χ3n) is 4.07.